The second-order valence-corrected chi connectivity index (χ2v) is 9.40. The van der Waals surface area contributed by atoms with Crippen molar-refractivity contribution in [1.82, 2.24) is 29.0 Å². The topological polar surface area (TPSA) is 124 Å². The molecule has 1 N–H and O–H groups in total. The maximum Gasteiger partial charge on any atom is 0.332 e. The van der Waals surface area contributed by atoms with Crippen LogP contribution in [0.4, 0.5) is 0 Å². The van der Waals surface area contributed by atoms with Crippen LogP contribution in [0.5, 0.6) is 5.75 Å². The molecule has 4 heterocycles. The van der Waals surface area contributed by atoms with Crippen LogP contribution in [-0.2, 0) is 11.3 Å². The van der Waals surface area contributed by atoms with E-state index < -0.39 is 23.4 Å². The van der Waals surface area contributed by atoms with E-state index in [9.17, 15) is 19.5 Å². The normalized spacial score (nSPS) is 16.9. The quantitative estimate of drug-likeness (QED) is 0.426. The number of carbonyl (C=O) groups is 1. The average molecular weight is 497 g/mol. The number of likely N-dealkylation sites (N-methyl/N-ethyl adjacent to an activating group) is 1. The molecule has 35 heavy (non-hydrogen) atoms. The summed E-state index contributed by atoms with van der Waals surface area (Å²) in [7, 11) is 3.15. The third-order valence-corrected chi connectivity index (χ3v) is 7.66. The number of nitrogens with zero attached hydrogens (tertiary/aromatic N) is 6. The summed E-state index contributed by atoms with van der Waals surface area (Å²) < 4.78 is 7.77. The van der Waals surface area contributed by atoms with Crippen LogP contribution in [0.15, 0.2) is 46.2 Å². The van der Waals surface area contributed by atoms with Gasteiger partial charge in [0.15, 0.2) is 0 Å². The molecule has 11 nitrogen and oxygen atoms in total. The fourth-order valence-electron chi connectivity index (χ4n) is 4.56. The van der Waals surface area contributed by atoms with Crippen LogP contribution in [0.25, 0.3) is 15.2 Å². The number of aromatic nitrogens is 5. The third-order valence-electron chi connectivity index (χ3n) is 6.38. The van der Waals surface area contributed by atoms with E-state index in [2.05, 4.69) is 10.2 Å². The van der Waals surface area contributed by atoms with E-state index in [0.29, 0.717) is 45.1 Å². The molecule has 0 radical (unpaired) electrons. The summed E-state index contributed by atoms with van der Waals surface area (Å²) in [6.07, 6.45) is 2.29. The highest BCUT2D eigenvalue weighted by Gasteiger charge is 2.35. The number of rotatable bonds is 6. The predicted octanol–water partition coefficient (Wildman–Crippen LogP) is 1.26. The molecule has 1 saturated heterocycles. The van der Waals surface area contributed by atoms with Gasteiger partial charge in [0.25, 0.3) is 5.56 Å². The minimum Gasteiger partial charge on any atom is -0.496 e. The van der Waals surface area contributed by atoms with Gasteiger partial charge in [0.05, 0.1) is 31.4 Å². The van der Waals surface area contributed by atoms with Gasteiger partial charge in [-0.15, -0.1) is 4.80 Å². The summed E-state index contributed by atoms with van der Waals surface area (Å²) in [6, 6.07) is 6.10. The minimum absolute atomic E-state index is 0.140. The van der Waals surface area contributed by atoms with E-state index >= 15 is 0 Å². The molecule has 0 spiro atoms. The molecule has 4 aromatic rings. The number of hydrogen-bond donors (Lipinski definition) is 1. The highest BCUT2D eigenvalue weighted by Crippen LogP contribution is 2.33. The van der Waals surface area contributed by atoms with E-state index in [0.717, 1.165) is 4.57 Å². The number of methoxy groups -OCH3 is 1. The Balaban J connectivity index is 1.75. The Morgan fingerprint density at radius 2 is 1.91 bits per heavy atom. The Kier molecular flexibility index (Phi) is 5.77. The molecule has 0 aliphatic carbocycles. The summed E-state index contributed by atoms with van der Waals surface area (Å²) in [5.74, 6) is 0.191. The molecule has 5 rings (SSSR count). The zero-order valence-electron chi connectivity index (χ0n) is 19.4. The van der Waals surface area contributed by atoms with Crippen molar-refractivity contribution in [1.29, 1.82) is 0 Å². The first-order chi connectivity index (χ1) is 16.8. The first-order valence-electron chi connectivity index (χ1n) is 11.0. The molecule has 0 bridgehead atoms. The van der Waals surface area contributed by atoms with Gasteiger partial charge in [0, 0.05) is 24.7 Å². The fraction of sp³-hybridized carbons (Fsp3) is 0.348. The van der Waals surface area contributed by atoms with E-state index in [1.807, 2.05) is 0 Å². The van der Waals surface area contributed by atoms with Crippen molar-refractivity contribution < 1.29 is 14.6 Å². The lowest BCUT2D eigenvalue weighted by Gasteiger charge is -2.19. The summed E-state index contributed by atoms with van der Waals surface area (Å²) in [5, 5.41) is 20.3. The number of hydrogen-bond acceptors (Lipinski definition) is 8. The highest BCUT2D eigenvalue weighted by molar-refractivity contribution is 7.21. The molecule has 182 valence electrons. The molecule has 12 heteroatoms. The standard InChI is InChI=1S/C23H24N6O5S/c1-13-18-20(32)28(15-8-11-26(2)19(15)31)23(33)27(22(18)35-21(13)29-24-9-10-25-29)12-16(30)14-6-4-5-7-17(14)34-3/h4-7,9-10,15-16,30H,8,11-12H2,1-3H3/t15-,16-/m0/s1. The number of thiophene rings is 1. The summed E-state index contributed by atoms with van der Waals surface area (Å²) in [4.78, 5) is 43.5. The van der Waals surface area contributed by atoms with Gasteiger partial charge in [0.2, 0.25) is 5.91 Å². The van der Waals surface area contributed by atoms with Crippen molar-refractivity contribution in [2.75, 3.05) is 20.7 Å². The molecular formula is C23H24N6O5S. The van der Waals surface area contributed by atoms with E-state index in [1.165, 1.54) is 45.1 Å². The van der Waals surface area contributed by atoms with Gasteiger partial charge in [-0.1, -0.05) is 29.5 Å². The zero-order chi connectivity index (χ0) is 24.9. The van der Waals surface area contributed by atoms with Crippen molar-refractivity contribution in [3.05, 3.63) is 68.6 Å². The van der Waals surface area contributed by atoms with E-state index in [-0.39, 0.29) is 12.5 Å². The number of fused-ring (bicyclic) bond motifs is 1. The predicted molar refractivity (Wildman–Crippen MR) is 129 cm³/mol. The van der Waals surface area contributed by atoms with Crippen LogP contribution in [-0.4, -0.2) is 60.7 Å². The Bertz CT molecular complexity index is 1540. The Labute approximate surface area is 203 Å². The number of likely N-dealkylation sites (tertiary alicyclic amines) is 1. The lowest BCUT2D eigenvalue weighted by molar-refractivity contribution is -0.129. The number of carbonyl (C=O) groups excluding carboxylic acids is 1. The summed E-state index contributed by atoms with van der Waals surface area (Å²) in [5.41, 5.74) is -0.0776. The molecule has 0 saturated carbocycles. The molecular weight excluding hydrogens is 472 g/mol. The monoisotopic (exact) mass is 496 g/mol. The van der Waals surface area contributed by atoms with Gasteiger partial charge >= 0.3 is 5.69 Å². The molecule has 0 unspecified atom stereocenters. The number of ether oxygens (including phenoxy) is 1. The van der Waals surface area contributed by atoms with Crippen LogP contribution < -0.4 is 16.0 Å². The second-order valence-electron chi connectivity index (χ2n) is 8.42. The van der Waals surface area contributed by atoms with Gasteiger partial charge in [-0.2, -0.15) is 10.2 Å². The average Bonchev–Trinajstić information content (AvgIpc) is 3.58. The largest absolute Gasteiger partial charge is 0.496 e. The number of aliphatic hydroxyl groups excluding tert-OH is 1. The summed E-state index contributed by atoms with van der Waals surface area (Å²) in [6.45, 7) is 2.07. The molecule has 1 aromatic carbocycles. The summed E-state index contributed by atoms with van der Waals surface area (Å²) >= 11 is 1.19. The van der Waals surface area contributed by atoms with Gasteiger partial charge in [0.1, 0.15) is 27.7 Å². The van der Waals surface area contributed by atoms with Crippen molar-refractivity contribution in [2.24, 2.45) is 0 Å². The van der Waals surface area contributed by atoms with Gasteiger partial charge < -0.3 is 14.7 Å². The number of aryl methyl sites for hydroxylation is 1. The Morgan fingerprint density at radius 1 is 1.20 bits per heavy atom. The van der Waals surface area contributed by atoms with Crippen molar-refractivity contribution >= 4 is 27.5 Å². The SMILES string of the molecule is COc1ccccc1[C@@H](O)Cn1c(=O)n([C@H]2CCN(C)C2=O)c(=O)c2c(C)c(-n3nccn3)sc21. The van der Waals surface area contributed by atoms with Crippen LogP contribution in [0, 0.1) is 6.92 Å². The second kappa shape index (κ2) is 8.78. The maximum atomic E-state index is 13.8. The van der Waals surface area contributed by atoms with E-state index in [4.69, 9.17) is 4.74 Å². The zero-order valence-corrected chi connectivity index (χ0v) is 20.2. The van der Waals surface area contributed by atoms with Crippen molar-refractivity contribution in [2.45, 2.75) is 32.0 Å². The lowest BCUT2D eigenvalue weighted by Crippen LogP contribution is -2.44. The number of aliphatic hydroxyl groups is 1. The van der Waals surface area contributed by atoms with Crippen molar-refractivity contribution in [3.63, 3.8) is 0 Å². The molecule has 1 aliphatic heterocycles. The Hall–Kier alpha value is -3.77. The van der Waals surface area contributed by atoms with Gasteiger partial charge in [-0.25, -0.2) is 9.36 Å². The molecule has 1 fully saturated rings. The first-order valence-corrected chi connectivity index (χ1v) is 11.9. The smallest absolute Gasteiger partial charge is 0.332 e. The number of amides is 1. The minimum atomic E-state index is -1.10. The molecule has 1 amide bonds. The maximum absolute atomic E-state index is 13.8. The van der Waals surface area contributed by atoms with Gasteiger partial charge in [-0.3, -0.25) is 14.2 Å². The van der Waals surface area contributed by atoms with Crippen LogP contribution in [0.3, 0.4) is 0 Å². The van der Waals surface area contributed by atoms with Gasteiger partial charge in [-0.05, 0) is 19.4 Å². The van der Waals surface area contributed by atoms with Crippen LogP contribution >= 0.6 is 11.3 Å². The van der Waals surface area contributed by atoms with Crippen LogP contribution in [0.2, 0.25) is 0 Å². The lowest BCUT2D eigenvalue weighted by atomic mass is 10.1. The number of benzene rings is 1. The third kappa shape index (κ3) is 3.65. The molecule has 2 atom stereocenters. The van der Waals surface area contributed by atoms with Crippen LogP contribution in [0.1, 0.15) is 29.7 Å². The highest BCUT2D eigenvalue weighted by atomic mass is 32.1. The molecule has 1 aliphatic rings. The molecule has 3 aromatic heterocycles. The van der Waals surface area contributed by atoms with E-state index in [1.54, 1.807) is 38.2 Å². The fourth-order valence-corrected chi connectivity index (χ4v) is 5.78. The Morgan fingerprint density at radius 3 is 2.57 bits per heavy atom. The number of para-hydroxylation sites is 1. The first kappa shape index (κ1) is 23.0. The van der Waals surface area contributed by atoms with Crippen molar-refractivity contribution in [3.8, 4) is 10.8 Å².